The molecule has 0 amide bonds. The average molecular weight is 376 g/mol. The van der Waals surface area contributed by atoms with Crippen molar-refractivity contribution in [2.75, 3.05) is 46.4 Å². The van der Waals surface area contributed by atoms with Crippen LogP contribution in [0.25, 0.3) is 0 Å². The van der Waals surface area contributed by atoms with Crippen LogP contribution in [0.1, 0.15) is 30.9 Å². The molecule has 0 radical (unpaired) electrons. The molecule has 2 saturated heterocycles. The molecule has 0 aromatic heterocycles. The summed E-state index contributed by atoms with van der Waals surface area (Å²) in [4.78, 5) is 2.65. The molecule has 2 fully saturated rings. The molecule has 3 rings (SSSR count). The summed E-state index contributed by atoms with van der Waals surface area (Å²) in [5, 5.41) is 7.01. The van der Waals surface area contributed by atoms with Crippen molar-refractivity contribution >= 4 is 24.8 Å². The Balaban J connectivity index is 0.00000144. The van der Waals surface area contributed by atoms with E-state index in [0.717, 1.165) is 31.3 Å². The number of nitrogens with one attached hydrogen (secondary N) is 2. The smallest absolute Gasteiger partial charge is 0.123 e. The predicted molar refractivity (Wildman–Crippen MR) is 105 cm³/mol. The Kier molecular flexibility index (Phi) is 10.0. The Bertz CT molecular complexity index is 469. The van der Waals surface area contributed by atoms with Crippen molar-refractivity contribution in [2.24, 2.45) is 5.92 Å². The SMILES string of the molecule is COc1ccccc1C1CNCCN1CCC1CCNCC1.Cl.Cl. The Morgan fingerprint density at radius 3 is 2.58 bits per heavy atom. The lowest BCUT2D eigenvalue weighted by Gasteiger charge is -2.38. The number of hydrogen-bond acceptors (Lipinski definition) is 4. The zero-order valence-electron chi connectivity index (χ0n) is 14.5. The first kappa shape index (κ1) is 21.5. The molecule has 1 unspecified atom stereocenters. The Labute approximate surface area is 158 Å². The fraction of sp³-hybridized carbons (Fsp3) is 0.667. The molecule has 138 valence electrons. The molecule has 2 aliphatic rings. The van der Waals surface area contributed by atoms with Gasteiger partial charge in [0.05, 0.1) is 13.2 Å². The second-order valence-electron chi connectivity index (χ2n) is 6.48. The number of piperazine rings is 1. The van der Waals surface area contributed by atoms with Gasteiger partial charge in [0.1, 0.15) is 5.75 Å². The van der Waals surface area contributed by atoms with E-state index < -0.39 is 0 Å². The number of methoxy groups -OCH3 is 1. The topological polar surface area (TPSA) is 36.5 Å². The van der Waals surface area contributed by atoms with Gasteiger partial charge in [0.25, 0.3) is 0 Å². The first-order chi connectivity index (χ1) is 10.9. The van der Waals surface area contributed by atoms with Gasteiger partial charge < -0.3 is 15.4 Å². The fourth-order valence-corrected chi connectivity index (χ4v) is 3.78. The summed E-state index contributed by atoms with van der Waals surface area (Å²) in [5.74, 6) is 1.91. The van der Waals surface area contributed by atoms with Gasteiger partial charge in [-0.3, -0.25) is 4.90 Å². The maximum atomic E-state index is 5.58. The van der Waals surface area contributed by atoms with Crippen LogP contribution in [0.15, 0.2) is 24.3 Å². The summed E-state index contributed by atoms with van der Waals surface area (Å²) in [6.45, 7) is 6.84. The normalized spacial score (nSPS) is 22.3. The second-order valence-corrected chi connectivity index (χ2v) is 6.48. The first-order valence-electron chi connectivity index (χ1n) is 8.67. The zero-order chi connectivity index (χ0) is 15.2. The van der Waals surface area contributed by atoms with E-state index in [1.165, 1.54) is 44.5 Å². The standard InChI is InChI=1S/C18H29N3O.2ClH/c1-22-18-5-3-2-4-16(18)17-14-20-11-13-21(17)12-8-15-6-9-19-10-7-15;;/h2-5,15,17,19-20H,6-14H2,1H3;2*1H. The lowest BCUT2D eigenvalue weighted by atomic mass is 9.93. The van der Waals surface area contributed by atoms with Crippen LogP contribution in [0, 0.1) is 5.92 Å². The highest BCUT2D eigenvalue weighted by Gasteiger charge is 2.26. The molecular weight excluding hydrogens is 345 g/mol. The minimum Gasteiger partial charge on any atom is -0.496 e. The number of rotatable bonds is 5. The van der Waals surface area contributed by atoms with Gasteiger partial charge in [0.2, 0.25) is 0 Å². The molecule has 2 aliphatic heterocycles. The maximum Gasteiger partial charge on any atom is 0.123 e. The van der Waals surface area contributed by atoms with Crippen molar-refractivity contribution in [3.8, 4) is 5.75 Å². The Hall–Kier alpha value is -0.520. The van der Waals surface area contributed by atoms with Gasteiger partial charge in [-0.15, -0.1) is 24.8 Å². The first-order valence-corrected chi connectivity index (χ1v) is 8.67. The number of para-hydroxylation sites is 1. The van der Waals surface area contributed by atoms with Gasteiger partial charge in [0, 0.05) is 25.2 Å². The molecule has 0 spiro atoms. The van der Waals surface area contributed by atoms with E-state index in [0.29, 0.717) is 6.04 Å². The maximum absolute atomic E-state index is 5.58. The highest BCUT2D eigenvalue weighted by Crippen LogP contribution is 2.30. The molecule has 1 aromatic carbocycles. The average Bonchev–Trinajstić information content (AvgIpc) is 2.61. The van der Waals surface area contributed by atoms with E-state index >= 15 is 0 Å². The van der Waals surface area contributed by atoms with Crippen LogP contribution in [0.2, 0.25) is 0 Å². The third kappa shape index (κ3) is 5.50. The molecular formula is C18H31Cl2N3O. The van der Waals surface area contributed by atoms with Crippen molar-refractivity contribution in [1.82, 2.24) is 15.5 Å². The van der Waals surface area contributed by atoms with Gasteiger partial charge in [-0.05, 0) is 50.9 Å². The summed E-state index contributed by atoms with van der Waals surface area (Å²) >= 11 is 0. The van der Waals surface area contributed by atoms with Crippen molar-refractivity contribution in [3.05, 3.63) is 29.8 Å². The van der Waals surface area contributed by atoms with Crippen LogP contribution in [-0.4, -0.2) is 51.3 Å². The molecule has 4 nitrogen and oxygen atoms in total. The van der Waals surface area contributed by atoms with Crippen LogP contribution in [0.5, 0.6) is 5.75 Å². The van der Waals surface area contributed by atoms with E-state index in [1.54, 1.807) is 7.11 Å². The van der Waals surface area contributed by atoms with E-state index in [1.807, 2.05) is 0 Å². The summed E-state index contributed by atoms with van der Waals surface area (Å²) in [6.07, 6.45) is 4.00. The highest BCUT2D eigenvalue weighted by atomic mass is 35.5. The third-order valence-corrected chi connectivity index (χ3v) is 5.14. The molecule has 0 aliphatic carbocycles. The number of nitrogens with zero attached hydrogens (tertiary/aromatic N) is 1. The van der Waals surface area contributed by atoms with Crippen molar-refractivity contribution < 1.29 is 4.74 Å². The van der Waals surface area contributed by atoms with E-state index in [4.69, 9.17) is 4.74 Å². The molecule has 1 atom stereocenters. The van der Waals surface area contributed by atoms with Crippen molar-refractivity contribution in [3.63, 3.8) is 0 Å². The summed E-state index contributed by atoms with van der Waals surface area (Å²) in [6, 6.07) is 8.91. The minimum atomic E-state index is 0. The number of piperidine rings is 1. The molecule has 0 bridgehead atoms. The van der Waals surface area contributed by atoms with Gasteiger partial charge in [-0.2, -0.15) is 0 Å². The number of halogens is 2. The predicted octanol–water partition coefficient (Wildman–Crippen LogP) is 2.87. The number of benzene rings is 1. The molecule has 2 heterocycles. The number of ether oxygens (including phenoxy) is 1. The molecule has 0 saturated carbocycles. The fourth-order valence-electron chi connectivity index (χ4n) is 3.78. The van der Waals surface area contributed by atoms with Gasteiger partial charge in [0.15, 0.2) is 0 Å². The van der Waals surface area contributed by atoms with Crippen LogP contribution in [0.4, 0.5) is 0 Å². The van der Waals surface area contributed by atoms with Crippen LogP contribution < -0.4 is 15.4 Å². The van der Waals surface area contributed by atoms with Crippen molar-refractivity contribution in [2.45, 2.75) is 25.3 Å². The number of hydrogen-bond donors (Lipinski definition) is 2. The lowest BCUT2D eigenvalue weighted by molar-refractivity contribution is 0.144. The Morgan fingerprint density at radius 1 is 1.08 bits per heavy atom. The van der Waals surface area contributed by atoms with E-state index in [2.05, 4.69) is 39.8 Å². The minimum absolute atomic E-state index is 0. The summed E-state index contributed by atoms with van der Waals surface area (Å²) in [5.41, 5.74) is 1.32. The molecule has 1 aromatic rings. The highest BCUT2D eigenvalue weighted by molar-refractivity contribution is 5.85. The van der Waals surface area contributed by atoms with E-state index in [-0.39, 0.29) is 24.8 Å². The van der Waals surface area contributed by atoms with Crippen molar-refractivity contribution in [1.29, 1.82) is 0 Å². The van der Waals surface area contributed by atoms with Gasteiger partial charge in [-0.25, -0.2) is 0 Å². The second kappa shape index (κ2) is 11.2. The quantitative estimate of drug-likeness (QED) is 0.829. The summed E-state index contributed by atoms with van der Waals surface area (Å²) in [7, 11) is 1.77. The Morgan fingerprint density at radius 2 is 1.83 bits per heavy atom. The lowest BCUT2D eigenvalue weighted by Crippen LogP contribution is -2.46. The van der Waals surface area contributed by atoms with Gasteiger partial charge >= 0.3 is 0 Å². The monoisotopic (exact) mass is 375 g/mol. The van der Waals surface area contributed by atoms with Crippen LogP contribution >= 0.6 is 24.8 Å². The summed E-state index contributed by atoms with van der Waals surface area (Å²) < 4.78 is 5.58. The zero-order valence-corrected chi connectivity index (χ0v) is 16.1. The van der Waals surface area contributed by atoms with Gasteiger partial charge in [-0.1, -0.05) is 18.2 Å². The molecule has 2 N–H and O–H groups in total. The third-order valence-electron chi connectivity index (χ3n) is 5.14. The van der Waals surface area contributed by atoms with Crippen LogP contribution in [-0.2, 0) is 0 Å². The largest absolute Gasteiger partial charge is 0.496 e. The van der Waals surface area contributed by atoms with Crippen LogP contribution in [0.3, 0.4) is 0 Å². The molecule has 6 heteroatoms. The van der Waals surface area contributed by atoms with E-state index in [9.17, 15) is 0 Å². The molecule has 24 heavy (non-hydrogen) atoms.